The van der Waals surface area contributed by atoms with Gasteiger partial charge in [0.2, 0.25) is 12.2 Å². The van der Waals surface area contributed by atoms with E-state index >= 15 is 0 Å². The summed E-state index contributed by atoms with van der Waals surface area (Å²) in [6, 6.07) is 25.3. The highest BCUT2D eigenvalue weighted by molar-refractivity contribution is 5.95. The number of aliphatic carboxylic acids is 3. The number of benzene rings is 3. The quantitative estimate of drug-likeness (QED) is 0.274. The minimum atomic E-state index is -2.21. The first kappa shape index (κ1) is 32.9. The Kier molecular flexibility index (Phi) is 11.4. The van der Waals surface area contributed by atoms with E-state index in [-0.39, 0.29) is 17.2 Å². The van der Waals surface area contributed by atoms with Crippen molar-refractivity contribution in [2.75, 3.05) is 0 Å². The standard InChI is InChI=1S/C18H14O8.C16H21NO2/c19-15(20)13(25-17(23)11-7-3-1-4-8-11)14(16(21)22)26-18(24)12-9-5-2-6-10-12;18-16(19)15-10-13-8-4-5-9-14(13)17(15)11-12-6-2-1-3-7-12/h1-10,13-14H,(H,19,20)(H,21,22);1-3,6-7,13-15H,4-5,8-11H2,(H,18,19). The summed E-state index contributed by atoms with van der Waals surface area (Å²) in [5.41, 5.74) is 1.27. The van der Waals surface area contributed by atoms with Crippen molar-refractivity contribution in [3.05, 3.63) is 108 Å². The summed E-state index contributed by atoms with van der Waals surface area (Å²) in [6.45, 7) is 0.777. The van der Waals surface area contributed by atoms with Crippen LogP contribution in [0.15, 0.2) is 91.0 Å². The largest absolute Gasteiger partial charge is 0.480 e. The maximum atomic E-state index is 12.0. The molecule has 45 heavy (non-hydrogen) atoms. The molecule has 1 saturated heterocycles. The zero-order valence-electron chi connectivity index (χ0n) is 24.4. The second kappa shape index (κ2) is 15.6. The maximum Gasteiger partial charge on any atom is 0.349 e. The molecule has 5 unspecified atom stereocenters. The molecule has 3 aromatic rings. The summed E-state index contributed by atoms with van der Waals surface area (Å²) in [5.74, 6) is -5.69. The molecule has 0 radical (unpaired) electrons. The molecule has 2 fully saturated rings. The van der Waals surface area contributed by atoms with Gasteiger partial charge in [0.1, 0.15) is 6.04 Å². The molecule has 11 heteroatoms. The minimum Gasteiger partial charge on any atom is -0.480 e. The zero-order valence-corrected chi connectivity index (χ0v) is 24.4. The molecule has 2 aliphatic rings. The SMILES string of the molecule is O=C(O)C1CC2CCCCC2N1Cc1ccccc1.O=C(OC(C(=O)O)C(OC(=O)c1ccccc1)C(=O)O)c1ccccc1. The van der Waals surface area contributed by atoms with Gasteiger partial charge < -0.3 is 24.8 Å². The van der Waals surface area contributed by atoms with Crippen LogP contribution in [-0.2, 0) is 30.4 Å². The van der Waals surface area contributed by atoms with Crippen molar-refractivity contribution < 1.29 is 48.8 Å². The van der Waals surface area contributed by atoms with Crippen LogP contribution in [0.1, 0.15) is 58.4 Å². The number of carbonyl (C=O) groups excluding carboxylic acids is 2. The smallest absolute Gasteiger partial charge is 0.349 e. The average molecular weight is 618 g/mol. The second-order valence-electron chi connectivity index (χ2n) is 10.9. The van der Waals surface area contributed by atoms with Gasteiger partial charge in [-0.05, 0) is 55.0 Å². The summed E-state index contributed by atoms with van der Waals surface area (Å²) in [5, 5.41) is 27.9. The molecule has 0 spiro atoms. The van der Waals surface area contributed by atoms with Gasteiger partial charge in [-0.3, -0.25) is 9.69 Å². The molecule has 1 saturated carbocycles. The van der Waals surface area contributed by atoms with Gasteiger partial charge in [-0.15, -0.1) is 0 Å². The molecule has 3 N–H and O–H groups in total. The van der Waals surface area contributed by atoms with Crippen LogP contribution >= 0.6 is 0 Å². The number of esters is 2. The van der Waals surface area contributed by atoms with Gasteiger partial charge in [-0.2, -0.15) is 0 Å². The van der Waals surface area contributed by atoms with E-state index in [0.29, 0.717) is 12.0 Å². The van der Waals surface area contributed by atoms with E-state index in [4.69, 9.17) is 9.47 Å². The number of ether oxygens (including phenoxy) is 2. The predicted octanol–water partition coefficient (Wildman–Crippen LogP) is 4.51. The van der Waals surface area contributed by atoms with E-state index in [1.54, 1.807) is 12.1 Å². The van der Waals surface area contributed by atoms with Crippen LogP contribution in [0.25, 0.3) is 0 Å². The van der Waals surface area contributed by atoms with Crippen molar-refractivity contribution in [2.24, 2.45) is 5.92 Å². The molecular weight excluding hydrogens is 582 g/mol. The highest BCUT2D eigenvalue weighted by Gasteiger charge is 2.45. The Labute approximate surface area is 260 Å². The lowest BCUT2D eigenvalue weighted by Gasteiger charge is -2.33. The van der Waals surface area contributed by atoms with Gasteiger partial charge in [-0.25, -0.2) is 19.2 Å². The van der Waals surface area contributed by atoms with E-state index in [2.05, 4.69) is 17.0 Å². The lowest BCUT2D eigenvalue weighted by atomic mass is 9.84. The fraction of sp³-hybridized carbons (Fsp3) is 0.324. The fourth-order valence-corrected chi connectivity index (χ4v) is 5.82. The number of rotatable bonds is 10. The predicted molar refractivity (Wildman–Crippen MR) is 160 cm³/mol. The van der Waals surface area contributed by atoms with Crippen LogP contribution < -0.4 is 0 Å². The van der Waals surface area contributed by atoms with E-state index in [1.807, 2.05) is 18.2 Å². The molecule has 1 aliphatic carbocycles. The third-order valence-corrected chi connectivity index (χ3v) is 7.96. The second-order valence-corrected chi connectivity index (χ2v) is 10.9. The van der Waals surface area contributed by atoms with Crippen molar-refractivity contribution in [1.29, 1.82) is 0 Å². The van der Waals surface area contributed by atoms with Gasteiger partial charge in [-0.1, -0.05) is 79.6 Å². The Morgan fingerprint density at radius 1 is 0.667 bits per heavy atom. The fourth-order valence-electron chi connectivity index (χ4n) is 5.82. The van der Waals surface area contributed by atoms with E-state index in [1.165, 1.54) is 79.8 Å². The van der Waals surface area contributed by atoms with Crippen molar-refractivity contribution >= 4 is 29.8 Å². The van der Waals surface area contributed by atoms with E-state index < -0.39 is 42.1 Å². The molecule has 0 bridgehead atoms. The highest BCUT2D eigenvalue weighted by Crippen LogP contribution is 2.40. The van der Waals surface area contributed by atoms with Crippen molar-refractivity contribution in [1.82, 2.24) is 4.90 Å². The number of carbonyl (C=O) groups is 5. The third-order valence-electron chi connectivity index (χ3n) is 7.96. The number of nitrogens with zero attached hydrogens (tertiary/aromatic N) is 1. The summed E-state index contributed by atoms with van der Waals surface area (Å²) >= 11 is 0. The van der Waals surface area contributed by atoms with Crippen LogP contribution in [0.2, 0.25) is 0 Å². The van der Waals surface area contributed by atoms with Gasteiger partial charge in [0.05, 0.1) is 11.1 Å². The Morgan fingerprint density at radius 3 is 1.56 bits per heavy atom. The normalized spacial score (nSPS) is 20.3. The minimum absolute atomic E-state index is 0.0253. The molecule has 0 amide bonds. The van der Waals surface area contributed by atoms with E-state index in [9.17, 15) is 39.3 Å². The first-order valence-corrected chi connectivity index (χ1v) is 14.7. The molecular formula is C34H35NO10. The molecule has 236 valence electrons. The topological polar surface area (TPSA) is 168 Å². The van der Waals surface area contributed by atoms with Crippen LogP contribution in [-0.4, -0.2) is 74.4 Å². The first-order valence-electron chi connectivity index (χ1n) is 14.7. The Bertz CT molecular complexity index is 1390. The summed E-state index contributed by atoms with van der Waals surface area (Å²) in [6.07, 6.45) is 1.31. The number of carboxylic acids is 3. The summed E-state index contributed by atoms with van der Waals surface area (Å²) < 4.78 is 9.52. The summed E-state index contributed by atoms with van der Waals surface area (Å²) in [7, 11) is 0. The average Bonchev–Trinajstić information content (AvgIpc) is 3.42. The van der Waals surface area contributed by atoms with Gasteiger partial charge in [0.15, 0.2) is 0 Å². The number of likely N-dealkylation sites (tertiary alicyclic amines) is 1. The Hall–Kier alpha value is -5.03. The van der Waals surface area contributed by atoms with E-state index in [0.717, 1.165) is 13.0 Å². The first-order chi connectivity index (χ1) is 21.7. The zero-order chi connectivity index (χ0) is 32.3. The molecule has 11 nitrogen and oxygen atoms in total. The third kappa shape index (κ3) is 8.76. The molecule has 1 heterocycles. The van der Waals surface area contributed by atoms with Crippen LogP contribution in [0.5, 0.6) is 0 Å². The monoisotopic (exact) mass is 617 g/mol. The number of fused-ring (bicyclic) bond motifs is 1. The van der Waals surface area contributed by atoms with Crippen molar-refractivity contribution in [2.45, 2.75) is 62.9 Å². The Balaban J connectivity index is 0.000000214. The number of hydrogen-bond acceptors (Lipinski definition) is 8. The number of hydrogen-bond donors (Lipinski definition) is 3. The number of carboxylic acid groups (broad SMARTS) is 3. The maximum absolute atomic E-state index is 12.0. The molecule has 0 aromatic heterocycles. The molecule has 1 aliphatic heterocycles. The Morgan fingerprint density at radius 2 is 1.11 bits per heavy atom. The molecule has 5 atom stereocenters. The van der Waals surface area contributed by atoms with Crippen LogP contribution in [0.4, 0.5) is 0 Å². The van der Waals surface area contributed by atoms with Crippen molar-refractivity contribution in [3.63, 3.8) is 0 Å². The molecule has 3 aromatic carbocycles. The van der Waals surface area contributed by atoms with Gasteiger partial charge in [0, 0.05) is 12.6 Å². The highest BCUT2D eigenvalue weighted by atomic mass is 16.6. The lowest BCUT2D eigenvalue weighted by molar-refractivity contribution is -0.166. The van der Waals surface area contributed by atoms with Crippen LogP contribution in [0.3, 0.4) is 0 Å². The van der Waals surface area contributed by atoms with Gasteiger partial charge >= 0.3 is 29.8 Å². The molecule has 5 rings (SSSR count). The summed E-state index contributed by atoms with van der Waals surface area (Å²) in [4.78, 5) is 60.6. The van der Waals surface area contributed by atoms with Crippen LogP contribution in [0, 0.1) is 5.92 Å². The van der Waals surface area contributed by atoms with Crippen molar-refractivity contribution in [3.8, 4) is 0 Å². The lowest BCUT2D eigenvalue weighted by Crippen LogP contribution is -2.45. The van der Waals surface area contributed by atoms with Gasteiger partial charge in [0.25, 0.3) is 0 Å².